The average molecular weight is 253 g/mol. The quantitative estimate of drug-likeness (QED) is 0.604. The molecule has 0 saturated heterocycles. The van der Waals surface area contributed by atoms with Gasteiger partial charge in [0.1, 0.15) is 6.04 Å². The van der Waals surface area contributed by atoms with Crippen LogP contribution in [-0.2, 0) is 4.79 Å². The van der Waals surface area contributed by atoms with E-state index in [9.17, 15) is 9.59 Å². The Morgan fingerprint density at radius 3 is 2.39 bits per heavy atom. The van der Waals surface area contributed by atoms with Gasteiger partial charge in [0.05, 0.1) is 11.4 Å². The molecule has 1 atom stereocenters. The van der Waals surface area contributed by atoms with Crippen molar-refractivity contribution in [3.63, 3.8) is 0 Å². The average Bonchev–Trinajstić information content (AvgIpc) is 2.69. The minimum absolute atomic E-state index is 0.120. The number of likely N-dealkylation sites (N-methyl/N-ethyl adjacent to an activating group) is 1. The van der Waals surface area contributed by atoms with Gasteiger partial charge in [0.25, 0.3) is 5.91 Å². The van der Waals surface area contributed by atoms with Crippen LogP contribution in [0.3, 0.4) is 0 Å². The summed E-state index contributed by atoms with van der Waals surface area (Å²) in [6.07, 6.45) is 0. The van der Waals surface area contributed by atoms with Gasteiger partial charge in [-0.1, -0.05) is 13.8 Å². The summed E-state index contributed by atoms with van der Waals surface area (Å²) in [4.78, 5) is 23.2. The van der Waals surface area contributed by atoms with Gasteiger partial charge in [-0.3, -0.25) is 14.7 Å². The Balaban J connectivity index is 2.82. The van der Waals surface area contributed by atoms with Crippen molar-refractivity contribution in [3.8, 4) is 0 Å². The van der Waals surface area contributed by atoms with Crippen molar-refractivity contribution in [3.05, 3.63) is 11.4 Å². The van der Waals surface area contributed by atoms with Crippen LogP contribution in [0.4, 0.5) is 5.69 Å². The van der Waals surface area contributed by atoms with Gasteiger partial charge in [0.2, 0.25) is 5.91 Å². The first kappa shape index (κ1) is 14.0. The fraction of sp³-hybridized carbons (Fsp3) is 0.545. The van der Waals surface area contributed by atoms with Gasteiger partial charge in [0.15, 0.2) is 5.69 Å². The van der Waals surface area contributed by atoms with Crippen LogP contribution in [0.2, 0.25) is 0 Å². The minimum atomic E-state index is -0.638. The second-order valence-corrected chi connectivity index (χ2v) is 4.36. The summed E-state index contributed by atoms with van der Waals surface area (Å²) in [7, 11) is 1.50. The van der Waals surface area contributed by atoms with E-state index in [1.165, 1.54) is 7.05 Å². The number of nitrogen functional groups attached to an aromatic ring is 1. The molecule has 5 N–H and O–H groups in total. The number of hydrogen-bond acceptors (Lipinski definition) is 4. The molecule has 2 amide bonds. The van der Waals surface area contributed by atoms with Crippen molar-refractivity contribution in [2.75, 3.05) is 12.8 Å². The molecule has 0 radical (unpaired) electrons. The topological polar surface area (TPSA) is 113 Å². The van der Waals surface area contributed by atoms with Gasteiger partial charge in [-0.25, -0.2) is 0 Å². The molecule has 1 aromatic rings. The molecule has 0 aliphatic carbocycles. The fourth-order valence-corrected chi connectivity index (χ4v) is 1.52. The zero-order valence-corrected chi connectivity index (χ0v) is 11.0. The summed E-state index contributed by atoms with van der Waals surface area (Å²) in [5.41, 5.74) is 7.00. The van der Waals surface area contributed by atoms with Crippen molar-refractivity contribution >= 4 is 17.5 Å². The van der Waals surface area contributed by atoms with Crippen LogP contribution in [0.5, 0.6) is 0 Å². The van der Waals surface area contributed by atoms with Crippen LogP contribution in [0.15, 0.2) is 0 Å². The Labute approximate surface area is 106 Å². The Kier molecular flexibility index (Phi) is 4.30. The summed E-state index contributed by atoms with van der Waals surface area (Å²) >= 11 is 0. The van der Waals surface area contributed by atoms with Crippen molar-refractivity contribution in [2.45, 2.75) is 32.7 Å². The van der Waals surface area contributed by atoms with Crippen LogP contribution in [0, 0.1) is 0 Å². The first-order valence-corrected chi connectivity index (χ1v) is 5.74. The summed E-state index contributed by atoms with van der Waals surface area (Å²) < 4.78 is 0. The van der Waals surface area contributed by atoms with E-state index in [1.807, 2.05) is 13.8 Å². The number of nitrogens with zero attached hydrogens (tertiary/aromatic N) is 1. The van der Waals surface area contributed by atoms with Gasteiger partial charge in [-0.05, 0) is 12.8 Å². The van der Waals surface area contributed by atoms with Crippen molar-refractivity contribution < 1.29 is 9.59 Å². The molecule has 1 unspecified atom stereocenters. The van der Waals surface area contributed by atoms with E-state index in [-0.39, 0.29) is 17.5 Å². The van der Waals surface area contributed by atoms with Gasteiger partial charge in [0, 0.05) is 7.05 Å². The van der Waals surface area contributed by atoms with E-state index >= 15 is 0 Å². The first-order chi connectivity index (χ1) is 8.38. The van der Waals surface area contributed by atoms with Gasteiger partial charge in [-0.15, -0.1) is 0 Å². The highest BCUT2D eigenvalue weighted by atomic mass is 16.2. The SMILES string of the molecule is CNC(=O)C(C)NC(=O)c1n[nH]c(C(C)C)c1N. The number of H-pyrrole nitrogens is 1. The monoisotopic (exact) mass is 253 g/mol. The summed E-state index contributed by atoms with van der Waals surface area (Å²) in [5.74, 6) is -0.594. The molecule has 1 rings (SSSR count). The first-order valence-electron chi connectivity index (χ1n) is 5.74. The highest BCUT2D eigenvalue weighted by molar-refractivity contribution is 6.00. The zero-order valence-electron chi connectivity index (χ0n) is 11.0. The molecule has 7 heteroatoms. The molecule has 0 saturated carbocycles. The predicted octanol–water partition coefficient (Wildman–Crippen LogP) is -0.0204. The van der Waals surface area contributed by atoms with Crippen molar-refractivity contribution in [2.24, 2.45) is 0 Å². The number of carbonyl (C=O) groups is 2. The Bertz CT molecular complexity index is 452. The third-order valence-corrected chi connectivity index (χ3v) is 2.61. The number of hydrogen-bond donors (Lipinski definition) is 4. The molecular weight excluding hydrogens is 234 g/mol. The van der Waals surface area contributed by atoms with E-state index in [2.05, 4.69) is 20.8 Å². The number of aromatic nitrogens is 2. The van der Waals surface area contributed by atoms with Gasteiger partial charge < -0.3 is 16.4 Å². The van der Waals surface area contributed by atoms with E-state index in [4.69, 9.17) is 5.73 Å². The predicted molar refractivity (Wildman–Crippen MR) is 68.1 cm³/mol. The molecule has 1 heterocycles. The number of amides is 2. The van der Waals surface area contributed by atoms with Gasteiger partial charge in [-0.2, -0.15) is 5.10 Å². The summed E-state index contributed by atoms with van der Waals surface area (Å²) in [5, 5.41) is 11.6. The molecule has 7 nitrogen and oxygen atoms in total. The number of nitrogens with two attached hydrogens (primary N) is 1. The van der Waals surface area contributed by atoms with E-state index in [1.54, 1.807) is 6.92 Å². The van der Waals surface area contributed by atoms with E-state index < -0.39 is 11.9 Å². The minimum Gasteiger partial charge on any atom is -0.395 e. The van der Waals surface area contributed by atoms with Crippen LogP contribution in [-0.4, -0.2) is 35.1 Å². The second kappa shape index (κ2) is 5.52. The lowest BCUT2D eigenvalue weighted by Gasteiger charge is -2.11. The van der Waals surface area contributed by atoms with Gasteiger partial charge >= 0.3 is 0 Å². The normalized spacial score (nSPS) is 12.3. The second-order valence-electron chi connectivity index (χ2n) is 4.36. The molecule has 0 aliphatic heterocycles. The number of aromatic amines is 1. The highest BCUT2D eigenvalue weighted by Gasteiger charge is 2.21. The molecular formula is C11H19N5O2. The zero-order chi connectivity index (χ0) is 13.9. The third-order valence-electron chi connectivity index (χ3n) is 2.61. The molecule has 0 spiro atoms. The van der Waals surface area contributed by atoms with Crippen LogP contribution in [0.1, 0.15) is 42.9 Å². The lowest BCUT2D eigenvalue weighted by atomic mass is 10.1. The largest absolute Gasteiger partial charge is 0.395 e. The number of rotatable bonds is 4. The third kappa shape index (κ3) is 2.79. The maximum Gasteiger partial charge on any atom is 0.274 e. The highest BCUT2D eigenvalue weighted by Crippen LogP contribution is 2.21. The maximum absolute atomic E-state index is 11.9. The maximum atomic E-state index is 11.9. The van der Waals surface area contributed by atoms with E-state index in [0.29, 0.717) is 11.4 Å². The number of nitrogens with one attached hydrogen (secondary N) is 3. The molecule has 0 fully saturated rings. The smallest absolute Gasteiger partial charge is 0.274 e. The van der Waals surface area contributed by atoms with E-state index in [0.717, 1.165) is 0 Å². The molecule has 100 valence electrons. The Hall–Kier alpha value is -2.05. The molecule has 0 aromatic carbocycles. The lowest BCUT2D eigenvalue weighted by Crippen LogP contribution is -2.43. The number of carbonyl (C=O) groups excluding carboxylic acids is 2. The van der Waals surface area contributed by atoms with Crippen molar-refractivity contribution in [1.82, 2.24) is 20.8 Å². The Morgan fingerprint density at radius 2 is 1.94 bits per heavy atom. The summed E-state index contributed by atoms with van der Waals surface area (Å²) in [6.45, 7) is 5.47. The molecule has 0 aliphatic rings. The lowest BCUT2D eigenvalue weighted by molar-refractivity contribution is -0.122. The Morgan fingerprint density at radius 1 is 1.33 bits per heavy atom. The van der Waals surface area contributed by atoms with Crippen LogP contribution in [0.25, 0.3) is 0 Å². The standard InChI is InChI=1S/C11H19N5O2/c1-5(2)8-7(12)9(16-15-8)11(18)14-6(3)10(17)13-4/h5-6H,12H2,1-4H3,(H,13,17)(H,14,18)(H,15,16). The summed E-state index contributed by atoms with van der Waals surface area (Å²) in [6, 6.07) is -0.638. The van der Waals surface area contributed by atoms with Crippen LogP contribution < -0.4 is 16.4 Å². The molecule has 18 heavy (non-hydrogen) atoms. The number of anilines is 1. The van der Waals surface area contributed by atoms with Crippen LogP contribution >= 0.6 is 0 Å². The van der Waals surface area contributed by atoms with Crippen molar-refractivity contribution in [1.29, 1.82) is 0 Å². The molecule has 1 aromatic heterocycles. The molecule has 0 bridgehead atoms. The fourth-order valence-electron chi connectivity index (χ4n) is 1.52.